The highest BCUT2D eigenvalue weighted by atomic mass is 16.6. The number of hydrogen-bond donors (Lipinski definition) is 4. The number of β-amino-alcohol motifs (C(OH)–C–C–N with tert-alkyl or cyclic N) is 2. The molecule has 0 aromatic heterocycles. The van der Waals surface area contributed by atoms with Crippen molar-refractivity contribution >= 4 is 18.2 Å². The summed E-state index contributed by atoms with van der Waals surface area (Å²) in [6, 6.07) is -1.32. The van der Waals surface area contributed by atoms with Crippen molar-refractivity contribution < 1.29 is 49.0 Å². The Morgan fingerprint density at radius 3 is 1.61 bits per heavy atom. The number of aliphatic hydroxyl groups is 3. The summed E-state index contributed by atoms with van der Waals surface area (Å²) in [7, 11) is 0. The molecular weight excluding hydrogens is 500 g/mol. The van der Waals surface area contributed by atoms with Crippen LogP contribution >= 0.6 is 0 Å². The van der Waals surface area contributed by atoms with Crippen LogP contribution in [0.2, 0.25) is 0 Å². The van der Waals surface area contributed by atoms with E-state index in [0.717, 1.165) is 18.1 Å². The number of carboxylic acids is 1. The van der Waals surface area contributed by atoms with Crippen LogP contribution in [0.3, 0.4) is 0 Å². The first-order valence-electron chi connectivity index (χ1n) is 12.3. The molecule has 3 aliphatic rings. The Morgan fingerprint density at radius 2 is 1.24 bits per heavy atom. The SMILES string of the molecule is C.C.C1CCOC1.CC(C)(C)OC(=O)N1C[C@H](O)C[C@H]1C(=O)O.CC(C)(C)OC(=O)N1C[C@H](O)C[C@H]1CO. The molecule has 2 amide bonds. The van der Waals surface area contributed by atoms with Gasteiger partial charge < -0.3 is 39.5 Å². The molecule has 38 heavy (non-hydrogen) atoms. The van der Waals surface area contributed by atoms with Crippen molar-refractivity contribution in [2.75, 3.05) is 32.9 Å². The first-order valence-corrected chi connectivity index (χ1v) is 12.3. The fourth-order valence-corrected chi connectivity index (χ4v) is 3.69. The minimum Gasteiger partial charge on any atom is -0.480 e. The second-order valence-electron chi connectivity index (χ2n) is 11.1. The van der Waals surface area contributed by atoms with Crippen molar-refractivity contribution in [3.05, 3.63) is 0 Å². The maximum Gasteiger partial charge on any atom is 0.411 e. The lowest BCUT2D eigenvalue weighted by Gasteiger charge is -2.27. The lowest BCUT2D eigenvalue weighted by atomic mass is 10.2. The fourth-order valence-electron chi connectivity index (χ4n) is 3.69. The molecule has 0 radical (unpaired) electrons. The second-order valence-corrected chi connectivity index (χ2v) is 11.1. The lowest BCUT2D eigenvalue weighted by Crippen LogP contribution is -2.43. The number of aliphatic hydroxyl groups excluding tert-OH is 3. The molecule has 4 atom stereocenters. The first kappa shape index (κ1) is 38.0. The van der Waals surface area contributed by atoms with Gasteiger partial charge in [0.15, 0.2) is 0 Å². The normalized spacial score (nSPS) is 24.6. The van der Waals surface area contributed by atoms with Crippen LogP contribution in [0.1, 0.15) is 82.1 Å². The Kier molecular flexibility index (Phi) is 16.7. The number of hydrogen-bond acceptors (Lipinski definition) is 9. The average Bonchev–Trinajstić information content (AvgIpc) is 3.47. The van der Waals surface area contributed by atoms with Crippen LogP contribution in [-0.4, -0.2) is 117 Å². The van der Waals surface area contributed by atoms with Crippen molar-refractivity contribution in [3.63, 3.8) is 0 Å². The number of carbonyl (C=O) groups excluding carboxylic acids is 2. The number of nitrogens with zero attached hydrogens (tertiary/aromatic N) is 2. The van der Waals surface area contributed by atoms with E-state index in [9.17, 15) is 24.6 Å². The number of carbonyl (C=O) groups is 3. The molecular formula is C26H52N2O10. The van der Waals surface area contributed by atoms with Crippen LogP contribution in [0.15, 0.2) is 0 Å². The van der Waals surface area contributed by atoms with Gasteiger partial charge in [-0.1, -0.05) is 14.9 Å². The van der Waals surface area contributed by atoms with Crippen LogP contribution < -0.4 is 0 Å². The third kappa shape index (κ3) is 14.1. The molecule has 0 aromatic carbocycles. The van der Waals surface area contributed by atoms with Gasteiger partial charge in [0, 0.05) is 19.6 Å². The zero-order chi connectivity index (χ0) is 27.7. The minimum atomic E-state index is -1.12. The molecule has 0 saturated carbocycles. The Hall–Kier alpha value is -2.15. The third-order valence-corrected chi connectivity index (χ3v) is 5.25. The van der Waals surface area contributed by atoms with E-state index in [2.05, 4.69) is 0 Å². The van der Waals surface area contributed by atoms with Gasteiger partial charge in [0.2, 0.25) is 0 Å². The molecule has 0 aromatic rings. The first-order chi connectivity index (χ1) is 16.5. The molecule has 12 nitrogen and oxygen atoms in total. The number of ether oxygens (including phenoxy) is 3. The van der Waals surface area contributed by atoms with Crippen molar-refractivity contribution in [2.45, 2.75) is 118 Å². The molecule has 4 N–H and O–H groups in total. The maximum atomic E-state index is 11.7. The summed E-state index contributed by atoms with van der Waals surface area (Å²) >= 11 is 0. The number of likely N-dealkylation sites (tertiary alicyclic amines) is 2. The van der Waals surface area contributed by atoms with Crippen LogP contribution in [0, 0.1) is 0 Å². The third-order valence-electron chi connectivity index (χ3n) is 5.25. The van der Waals surface area contributed by atoms with Gasteiger partial charge in [-0.3, -0.25) is 4.90 Å². The van der Waals surface area contributed by atoms with E-state index < -0.39 is 47.6 Å². The monoisotopic (exact) mass is 552 g/mol. The average molecular weight is 553 g/mol. The summed E-state index contributed by atoms with van der Waals surface area (Å²) in [5, 5.41) is 36.7. The topological polar surface area (TPSA) is 166 Å². The van der Waals surface area contributed by atoms with Crippen LogP contribution in [0.5, 0.6) is 0 Å². The second kappa shape index (κ2) is 16.7. The number of aliphatic carboxylic acids is 1. The molecule has 3 heterocycles. The summed E-state index contributed by atoms with van der Waals surface area (Å²) in [6.07, 6.45) is 0.488. The summed E-state index contributed by atoms with van der Waals surface area (Å²) in [5.41, 5.74) is -1.22. The molecule has 3 fully saturated rings. The van der Waals surface area contributed by atoms with E-state index in [1.165, 1.54) is 17.7 Å². The standard InChI is InChI=1S/C10H17NO5.C10H19NO4.C4H8O.2CH4/c1-10(2,3)16-9(15)11-5-6(12)4-7(11)8(13)14;1-10(2,3)15-9(14)11-5-8(13)4-7(11)6-12;1-2-4-5-3-1;;/h6-7,12H,4-5H2,1-3H3,(H,13,14);7-8,12-13H,4-6H2,1-3H3;1-4H2;2*1H4/t6-,7+;7-,8+;;;/m10.../s1. The summed E-state index contributed by atoms with van der Waals surface area (Å²) in [6.45, 7) is 12.6. The summed E-state index contributed by atoms with van der Waals surface area (Å²) in [5.74, 6) is -1.12. The van der Waals surface area contributed by atoms with Gasteiger partial charge in [-0.2, -0.15) is 0 Å². The predicted octanol–water partition coefficient (Wildman–Crippen LogP) is 2.86. The molecule has 3 saturated heterocycles. The van der Waals surface area contributed by atoms with E-state index in [-0.39, 0.29) is 47.0 Å². The fraction of sp³-hybridized carbons (Fsp3) is 0.885. The summed E-state index contributed by atoms with van der Waals surface area (Å²) < 4.78 is 15.2. The highest BCUT2D eigenvalue weighted by molar-refractivity contribution is 5.81. The molecule has 3 aliphatic heterocycles. The van der Waals surface area contributed by atoms with E-state index in [1.54, 1.807) is 41.5 Å². The largest absolute Gasteiger partial charge is 0.480 e. The molecule has 0 spiro atoms. The van der Waals surface area contributed by atoms with Crippen LogP contribution in [0.25, 0.3) is 0 Å². The molecule has 0 aliphatic carbocycles. The van der Waals surface area contributed by atoms with Crippen molar-refractivity contribution in [2.24, 2.45) is 0 Å². The Bertz CT molecular complexity index is 708. The molecule has 12 heteroatoms. The van der Waals surface area contributed by atoms with Crippen LogP contribution in [0.4, 0.5) is 9.59 Å². The zero-order valence-electron chi connectivity index (χ0n) is 22.3. The molecule has 226 valence electrons. The number of carboxylic acid groups (broad SMARTS) is 1. The number of amides is 2. The quantitative estimate of drug-likeness (QED) is 0.400. The maximum absolute atomic E-state index is 11.7. The van der Waals surface area contributed by atoms with E-state index >= 15 is 0 Å². The van der Waals surface area contributed by atoms with Crippen molar-refractivity contribution in [3.8, 4) is 0 Å². The van der Waals surface area contributed by atoms with Crippen LogP contribution in [-0.2, 0) is 19.0 Å². The Morgan fingerprint density at radius 1 is 0.816 bits per heavy atom. The van der Waals surface area contributed by atoms with Gasteiger partial charge >= 0.3 is 18.2 Å². The van der Waals surface area contributed by atoms with Gasteiger partial charge in [0.25, 0.3) is 0 Å². The molecule has 0 unspecified atom stereocenters. The van der Waals surface area contributed by atoms with Crippen molar-refractivity contribution in [1.82, 2.24) is 9.80 Å². The van der Waals surface area contributed by atoms with Gasteiger partial charge in [0.1, 0.15) is 17.2 Å². The van der Waals surface area contributed by atoms with Gasteiger partial charge in [-0.25, -0.2) is 14.4 Å². The van der Waals surface area contributed by atoms with Crippen molar-refractivity contribution in [1.29, 1.82) is 0 Å². The van der Waals surface area contributed by atoms with E-state index in [1.807, 2.05) is 0 Å². The highest BCUT2D eigenvalue weighted by Crippen LogP contribution is 2.22. The predicted molar refractivity (Wildman–Crippen MR) is 143 cm³/mol. The van der Waals surface area contributed by atoms with E-state index in [4.69, 9.17) is 24.4 Å². The number of rotatable bonds is 2. The Balaban J connectivity index is 0. The molecule has 0 bridgehead atoms. The van der Waals surface area contributed by atoms with Gasteiger partial charge in [-0.05, 0) is 60.8 Å². The highest BCUT2D eigenvalue weighted by Gasteiger charge is 2.41. The van der Waals surface area contributed by atoms with E-state index in [0.29, 0.717) is 6.42 Å². The summed E-state index contributed by atoms with van der Waals surface area (Å²) in [4.78, 5) is 36.6. The Labute approximate surface area is 227 Å². The lowest BCUT2D eigenvalue weighted by molar-refractivity contribution is -0.142. The van der Waals surface area contributed by atoms with Gasteiger partial charge in [-0.15, -0.1) is 0 Å². The molecule has 3 rings (SSSR count). The zero-order valence-corrected chi connectivity index (χ0v) is 22.3. The smallest absolute Gasteiger partial charge is 0.411 e. The minimum absolute atomic E-state index is 0. The van der Waals surface area contributed by atoms with Gasteiger partial charge in [0.05, 0.1) is 37.9 Å².